The first kappa shape index (κ1) is 12.9. The Labute approximate surface area is 107 Å². The van der Waals surface area contributed by atoms with Gasteiger partial charge in [-0.3, -0.25) is 4.90 Å². The van der Waals surface area contributed by atoms with Crippen molar-refractivity contribution in [1.82, 2.24) is 4.90 Å². The second kappa shape index (κ2) is 5.38. The van der Waals surface area contributed by atoms with E-state index in [1.54, 1.807) is 12.1 Å². The molecule has 0 bridgehead atoms. The van der Waals surface area contributed by atoms with Crippen molar-refractivity contribution in [1.29, 1.82) is 5.26 Å². The van der Waals surface area contributed by atoms with E-state index in [-0.39, 0.29) is 0 Å². The molecule has 0 radical (unpaired) electrons. The highest BCUT2D eigenvalue weighted by molar-refractivity contribution is 5.36. The van der Waals surface area contributed by atoms with Gasteiger partial charge in [0.15, 0.2) is 0 Å². The van der Waals surface area contributed by atoms with Gasteiger partial charge in [0.05, 0.1) is 17.2 Å². The van der Waals surface area contributed by atoms with E-state index in [1.807, 2.05) is 19.1 Å². The van der Waals surface area contributed by atoms with Crippen LogP contribution in [-0.4, -0.2) is 41.8 Å². The first-order valence-corrected chi connectivity index (χ1v) is 6.17. The second-order valence-corrected chi connectivity index (χ2v) is 5.01. The van der Waals surface area contributed by atoms with Crippen molar-refractivity contribution in [3.8, 4) is 11.8 Å². The zero-order valence-corrected chi connectivity index (χ0v) is 10.6. The molecule has 4 nitrogen and oxygen atoms in total. The van der Waals surface area contributed by atoms with Crippen LogP contribution in [0.4, 0.5) is 0 Å². The fourth-order valence-electron chi connectivity index (χ4n) is 2.18. The lowest BCUT2D eigenvalue weighted by molar-refractivity contribution is 0.0670. The summed E-state index contributed by atoms with van der Waals surface area (Å²) in [6.45, 7) is 4.85. The van der Waals surface area contributed by atoms with E-state index in [0.717, 1.165) is 25.3 Å². The van der Waals surface area contributed by atoms with Gasteiger partial charge in [-0.15, -0.1) is 0 Å². The van der Waals surface area contributed by atoms with Gasteiger partial charge >= 0.3 is 0 Å². The Morgan fingerprint density at radius 2 is 2.39 bits per heavy atom. The summed E-state index contributed by atoms with van der Waals surface area (Å²) >= 11 is 0. The summed E-state index contributed by atoms with van der Waals surface area (Å²) in [5.41, 5.74) is 0.0531. The quantitative estimate of drug-likeness (QED) is 0.872. The van der Waals surface area contributed by atoms with Crippen molar-refractivity contribution in [2.45, 2.75) is 18.9 Å². The maximum Gasteiger partial charge on any atom is 0.120 e. The Balaban J connectivity index is 1.77. The van der Waals surface area contributed by atoms with Gasteiger partial charge in [0.25, 0.3) is 0 Å². The van der Waals surface area contributed by atoms with E-state index in [2.05, 4.69) is 11.0 Å². The Hall–Kier alpha value is -1.57. The molecule has 1 N–H and O–H groups in total. The van der Waals surface area contributed by atoms with Gasteiger partial charge in [-0.1, -0.05) is 6.07 Å². The Kier molecular flexibility index (Phi) is 3.85. The molecule has 1 unspecified atom stereocenters. The molecule has 1 aliphatic heterocycles. The molecule has 2 rings (SSSR count). The summed E-state index contributed by atoms with van der Waals surface area (Å²) in [6.07, 6.45) is 0.816. The normalized spacial score (nSPS) is 23.8. The molecule has 0 saturated carbocycles. The Bertz CT molecular complexity index is 451. The molecule has 1 fully saturated rings. The lowest BCUT2D eigenvalue weighted by Gasteiger charge is -2.18. The average Bonchev–Trinajstić information content (AvgIpc) is 2.69. The molecule has 18 heavy (non-hydrogen) atoms. The van der Waals surface area contributed by atoms with Crippen LogP contribution in [0.2, 0.25) is 0 Å². The smallest absolute Gasteiger partial charge is 0.120 e. The third kappa shape index (κ3) is 3.46. The van der Waals surface area contributed by atoms with Crippen LogP contribution in [0.1, 0.15) is 18.9 Å². The van der Waals surface area contributed by atoms with Gasteiger partial charge in [0.1, 0.15) is 12.4 Å². The van der Waals surface area contributed by atoms with E-state index in [0.29, 0.717) is 18.7 Å². The fraction of sp³-hybridized carbons (Fsp3) is 0.500. The highest BCUT2D eigenvalue weighted by atomic mass is 16.5. The van der Waals surface area contributed by atoms with E-state index in [1.165, 1.54) is 0 Å². The number of rotatable bonds is 4. The molecule has 96 valence electrons. The molecular weight excluding hydrogens is 228 g/mol. The first-order valence-electron chi connectivity index (χ1n) is 6.17. The summed E-state index contributed by atoms with van der Waals surface area (Å²) in [7, 11) is 0. The van der Waals surface area contributed by atoms with E-state index in [4.69, 9.17) is 10.00 Å². The van der Waals surface area contributed by atoms with Gasteiger partial charge in [0, 0.05) is 19.6 Å². The van der Waals surface area contributed by atoms with Crippen LogP contribution in [0.25, 0.3) is 0 Å². The first-order chi connectivity index (χ1) is 8.59. The van der Waals surface area contributed by atoms with Crippen molar-refractivity contribution >= 4 is 0 Å². The van der Waals surface area contributed by atoms with Crippen LogP contribution >= 0.6 is 0 Å². The SMILES string of the molecule is CC1(O)CCN(CCOc2cccc(C#N)c2)C1. The fourth-order valence-corrected chi connectivity index (χ4v) is 2.18. The number of likely N-dealkylation sites (tertiary alicyclic amines) is 1. The standard InChI is InChI=1S/C14H18N2O2/c1-14(17)5-6-16(11-14)7-8-18-13-4-2-3-12(9-13)10-15/h2-4,9,17H,5-8,11H2,1H3. The number of nitrogens with zero attached hydrogens (tertiary/aromatic N) is 2. The van der Waals surface area contributed by atoms with Crippen molar-refractivity contribution in [2.24, 2.45) is 0 Å². The molecule has 1 aliphatic rings. The molecule has 1 atom stereocenters. The predicted octanol–water partition coefficient (Wildman–Crippen LogP) is 1.39. The predicted molar refractivity (Wildman–Crippen MR) is 68.3 cm³/mol. The van der Waals surface area contributed by atoms with E-state index in [9.17, 15) is 5.11 Å². The minimum Gasteiger partial charge on any atom is -0.492 e. The van der Waals surface area contributed by atoms with Crippen LogP contribution in [0, 0.1) is 11.3 Å². The number of hydrogen-bond donors (Lipinski definition) is 1. The van der Waals surface area contributed by atoms with Crippen LogP contribution in [0.5, 0.6) is 5.75 Å². The summed E-state index contributed by atoms with van der Waals surface area (Å²) in [4.78, 5) is 2.19. The molecule has 1 heterocycles. The number of hydrogen-bond acceptors (Lipinski definition) is 4. The third-order valence-electron chi connectivity index (χ3n) is 3.17. The summed E-state index contributed by atoms with van der Waals surface area (Å²) in [5.74, 6) is 0.722. The van der Waals surface area contributed by atoms with Crippen molar-refractivity contribution in [3.63, 3.8) is 0 Å². The van der Waals surface area contributed by atoms with E-state index >= 15 is 0 Å². The van der Waals surface area contributed by atoms with E-state index < -0.39 is 5.60 Å². The molecule has 1 aromatic carbocycles. The van der Waals surface area contributed by atoms with Crippen LogP contribution in [0.3, 0.4) is 0 Å². The minimum absolute atomic E-state index is 0.555. The van der Waals surface area contributed by atoms with Crippen LogP contribution < -0.4 is 4.74 Å². The van der Waals surface area contributed by atoms with Crippen molar-refractivity contribution in [3.05, 3.63) is 29.8 Å². The highest BCUT2D eigenvalue weighted by Crippen LogP contribution is 2.20. The molecule has 0 amide bonds. The lowest BCUT2D eigenvalue weighted by atomic mass is 10.1. The van der Waals surface area contributed by atoms with Gasteiger partial charge in [0.2, 0.25) is 0 Å². The van der Waals surface area contributed by atoms with Gasteiger partial charge < -0.3 is 9.84 Å². The summed E-state index contributed by atoms with van der Waals surface area (Å²) in [5, 5.41) is 18.6. The highest BCUT2D eigenvalue weighted by Gasteiger charge is 2.30. The summed E-state index contributed by atoms with van der Waals surface area (Å²) in [6, 6.07) is 9.24. The maximum absolute atomic E-state index is 9.83. The zero-order valence-electron chi connectivity index (χ0n) is 10.6. The number of ether oxygens (including phenoxy) is 1. The molecular formula is C14H18N2O2. The van der Waals surface area contributed by atoms with Gasteiger partial charge in [-0.05, 0) is 31.5 Å². The topological polar surface area (TPSA) is 56.5 Å². The van der Waals surface area contributed by atoms with Crippen molar-refractivity contribution in [2.75, 3.05) is 26.2 Å². The molecule has 4 heteroatoms. The Morgan fingerprint density at radius 3 is 3.06 bits per heavy atom. The Morgan fingerprint density at radius 1 is 1.56 bits per heavy atom. The maximum atomic E-state index is 9.83. The van der Waals surface area contributed by atoms with Crippen LogP contribution in [-0.2, 0) is 0 Å². The molecule has 0 spiro atoms. The van der Waals surface area contributed by atoms with Crippen molar-refractivity contribution < 1.29 is 9.84 Å². The number of β-amino-alcohol motifs (C(OH)–C–C–N with tert-alkyl or cyclic N) is 1. The monoisotopic (exact) mass is 246 g/mol. The number of nitriles is 1. The number of benzene rings is 1. The molecule has 1 aromatic rings. The molecule has 0 aliphatic carbocycles. The van der Waals surface area contributed by atoms with Gasteiger partial charge in [-0.2, -0.15) is 5.26 Å². The molecule has 0 aromatic heterocycles. The zero-order chi connectivity index (χ0) is 13.0. The van der Waals surface area contributed by atoms with Crippen LogP contribution in [0.15, 0.2) is 24.3 Å². The third-order valence-corrected chi connectivity index (χ3v) is 3.17. The average molecular weight is 246 g/mol. The largest absolute Gasteiger partial charge is 0.492 e. The summed E-state index contributed by atoms with van der Waals surface area (Å²) < 4.78 is 5.60. The lowest BCUT2D eigenvalue weighted by Crippen LogP contribution is -2.32. The number of aliphatic hydroxyl groups is 1. The minimum atomic E-state index is -0.555. The molecule has 1 saturated heterocycles. The van der Waals surface area contributed by atoms with Gasteiger partial charge in [-0.25, -0.2) is 0 Å². The second-order valence-electron chi connectivity index (χ2n) is 5.01.